The predicted octanol–water partition coefficient (Wildman–Crippen LogP) is -2.90. The van der Waals surface area contributed by atoms with E-state index in [1.54, 1.807) is 19.0 Å². The van der Waals surface area contributed by atoms with Gasteiger partial charge in [0.1, 0.15) is 0 Å². The molecule has 0 aromatic rings. The van der Waals surface area contributed by atoms with Gasteiger partial charge in [0.15, 0.2) is 0 Å². The summed E-state index contributed by atoms with van der Waals surface area (Å²) in [5.74, 6) is 0. The first-order valence-electron chi connectivity index (χ1n) is 2.26. The van der Waals surface area contributed by atoms with E-state index in [1.807, 2.05) is 0 Å². The predicted molar refractivity (Wildman–Crippen MR) is 50.4 cm³/mol. The summed E-state index contributed by atoms with van der Waals surface area (Å²) in [6, 6.07) is 0. The third-order valence-electron chi connectivity index (χ3n) is 0.383. The standard InChI is InChI=1S/C3H7NOSe.CH3NOSe.Na.H/c1-4(2)3(5)6;2-1(3)4;;/h1-2H3,(H,5,6);(H3,2,3,4);;. The normalized spacial score (nSPS) is 6.36. The third kappa shape index (κ3) is 35.7. The Morgan fingerprint density at radius 3 is 1.36 bits per heavy atom. The molecule has 0 aliphatic carbocycles. The van der Waals surface area contributed by atoms with Crippen LogP contribution in [0.25, 0.3) is 0 Å². The second-order valence-corrected chi connectivity index (χ2v) is 3.16. The Kier molecular flexibility index (Phi) is 17.9. The van der Waals surface area contributed by atoms with E-state index in [2.05, 4.69) is 36.9 Å². The first-order valence-corrected chi connectivity index (χ1v) is 3.98. The van der Waals surface area contributed by atoms with Crippen molar-refractivity contribution >= 4 is 70.2 Å². The Morgan fingerprint density at radius 1 is 1.27 bits per heavy atom. The third-order valence-corrected chi connectivity index (χ3v) is 1.15. The van der Waals surface area contributed by atoms with Crippen molar-refractivity contribution in [1.82, 2.24) is 4.90 Å². The van der Waals surface area contributed by atoms with E-state index in [4.69, 9.17) is 10.2 Å². The van der Waals surface area contributed by atoms with E-state index < -0.39 is 0 Å². The van der Waals surface area contributed by atoms with Crippen LogP contribution >= 0.6 is 0 Å². The molecule has 0 heterocycles. The zero-order chi connectivity index (χ0) is 8.73. The van der Waals surface area contributed by atoms with Gasteiger partial charge in [0.25, 0.3) is 0 Å². The minimum absolute atomic E-state index is 0. The van der Waals surface area contributed by atoms with Gasteiger partial charge in [-0.1, -0.05) is 0 Å². The van der Waals surface area contributed by atoms with E-state index in [0.717, 1.165) is 0 Å². The van der Waals surface area contributed by atoms with Gasteiger partial charge in [0.05, 0.1) is 0 Å². The summed E-state index contributed by atoms with van der Waals surface area (Å²) >= 11 is 4.59. The first-order chi connectivity index (χ1) is 4.37. The van der Waals surface area contributed by atoms with E-state index in [1.165, 1.54) is 0 Å². The molecule has 0 spiro atoms. The second-order valence-electron chi connectivity index (χ2n) is 1.52. The van der Waals surface area contributed by atoms with Gasteiger partial charge >= 0.3 is 105 Å². The summed E-state index contributed by atoms with van der Waals surface area (Å²) in [5, 5.41) is 16.1. The Labute approximate surface area is 104 Å². The molecule has 0 rings (SSSR count). The first kappa shape index (κ1) is 17.9. The van der Waals surface area contributed by atoms with Gasteiger partial charge in [-0.2, -0.15) is 0 Å². The molecule has 11 heavy (non-hydrogen) atoms. The van der Waals surface area contributed by atoms with Crippen molar-refractivity contribution in [1.29, 1.82) is 0 Å². The van der Waals surface area contributed by atoms with E-state index in [-0.39, 0.29) is 39.0 Å². The van der Waals surface area contributed by atoms with Crippen LogP contribution in [0.1, 0.15) is 0 Å². The SMILES string of the molecule is CN(C)C(O)=[Se].NC(O)=[Se].[NaH]. The summed E-state index contributed by atoms with van der Waals surface area (Å²) in [4.78, 5) is 1.58. The summed E-state index contributed by atoms with van der Waals surface area (Å²) in [6.07, 6.45) is 0. The summed E-state index contributed by atoms with van der Waals surface area (Å²) < 4.78 is 0.00926. The molecular weight excluding hydrogens is 289 g/mol. The zero-order valence-corrected chi connectivity index (χ0v) is 9.16. The Balaban J connectivity index is -0.000000114. The molecule has 62 valence electrons. The van der Waals surface area contributed by atoms with Crippen molar-refractivity contribution in [3.05, 3.63) is 0 Å². The molecule has 0 fully saturated rings. The van der Waals surface area contributed by atoms with Crippen LogP contribution in [0.5, 0.6) is 0 Å². The Hall–Kier alpha value is 0.979. The molecular formula is C4H11N2NaO2Se2. The quantitative estimate of drug-likeness (QED) is 0.455. The fourth-order valence-corrected chi connectivity index (χ4v) is 0. The number of aliphatic hydroxyl groups excluding tert-OH is 2. The van der Waals surface area contributed by atoms with Gasteiger partial charge < -0.3 is 0 Å². The zero-order valence-electron chi connectivity index (χ0n) is 5.74. The van der Waals surface area contributed by atoms with E-state index >= 15 is 0 Å². The van der Waals surface area contributed by atoms with Gasteiger partial charge in [-0.05, 0) is 0 Å². The van der Waals surface area contributed by atoms with Gasteiger partial charge in [-0.15, -0.1) is 0 Å². The number of rotatable bonds is 1. The topological polar surface area (TPSA) is 69.7 Å². The average molecular weight is 300 g/mol. The van der Waals surface area contributed by atoms with Crippen LogP contribution < -0.4 is 5.73 Å². The number of hydrogen-bond donors (Lipinski definition) is 3. The molecule has 4 nitrogen and oxygen atoms in total. The summed E-state index contributed by atoms with van der Waals surface area (Å²) in [6.45, 7) is 0. The molecule has 0 aromatic carbocycles. The van der Waals surface area contributed by atoms with Crippen LogP contribution in [0.2, 0.25) is 0 Å². The summed E-state index contributed by atoms with van der Waals surface area (Å²) in [5.41, 5.74) is 4.53. The van der Waals surface area contributed by atoms with Crippen LogP contribution in [0.4, 0.5) is 0 Å². The van der Waals surface area contributed by atoms with Crippen LogP contribution in [0.3, 0.4) is 0 Å². The molecule has 0 unspecified atom stereocenters. The van der Waals surface area contributed by atoms with Gasteiger partial charge in [0, 0.05) is 0 Å². The molecule has 0 radical (unpaired) electrons. The van der Waals surface area contributed by atoms with Crippen molar-refractivity contribution < 1.29 is 10.2 Å². The number of aliphatic hydroxyl groups is 2. The molecule has 0 saturated carbocycles. The molecule has 4 N–H and O–H groups in total. The maximum atomic E-state index is 8.42. The Morgan fingerprint density at radius 2 is 1.36 bits per heavy atom. The van der Waals surface area contributed by atoms with Crippen molar-refractivity contribution in [2.24, 2.45) is 5.73 Å². The fraction of sp³-hybridized carbons (Fsp3) is 0.500. The Bertz CT molecular complexity index is 127. The van der Waals surface area contributed by atoms with Crippen molar-refractivity contribution in [3.63, 3.8) is 0 Å². The monoisotopic (exact) mass is 302 g/mol. The second kappa shape index (κ2) is 11.0. The van der Waals surface area contributed by atoms with Crippen LogP contribution in [0, 0.1) is 0 Å². The van der Waals surface area contributed by atoms with Crippen molar-refractivity contribution in [2.45, 2.75) is 0 Å². The molecule has 7 heteroatoms. The molecule has 0 amide bonds. The maximum absolute atomic E-state index is 8.42. The van der Waals surface area contributed by atoms with E-state index in [0.29, 0.717) is 0 Å². The van der Waals surface area contributed by atoms with Gasteiger partial charge in [0.2, 0.25) is 0 Å². The fourth-order valence-electron chi connectivity index (χ4n) is 0. The minimum atomic E-state index is -0.208. The van der Waals surface area contributed by atoms with Crippen LogP contribution in [-0.4, -0.2) is 99.4 Å². The number of nitrogens with zero attached hydrogens (tertiary/aromatic N) is 1. The molecule has 0 atom stereocenters. The molecule has 0 saturated heterocycles. The molecule has 0 aromatic heterocycles. The van der Waals surface area contributed by atoms with Crippen LogP contribution in [0.15, 0.2) is 0 Å². The molecule has 0 aliphatic heterocycles. The molecule has 0 aliphatic rings. The average Bonchev–Trinajstić information content (AvgIpc) is 1.63. The van der Waals surface area contributed by atoms with Crippen LogP contribution in [-0.2, 0) is 0 Å². The molecule has 0 bridgehead atoms. The van der Waals surface area contributed by atoms with Gasteiger partial charge in [-0.3, -0.25) is 0 Å². The van der Waals surface area contributed by atoms with Crippen molar-refractivity contribution in [3.8, 4) is 0 Å². The summed E-state index contributed by atoms with van der Waals surface area (Å²) in [7, 11) is 3.51. The van der Waals surface area contributed by atoms with E-state index in [9.17, 15) is 0 Å². The van der Waals surface area contributed by atoms with Gasteiger partial charge in [-0.25, -0.2) is 0 Å². The number of nitrogens with two attached hydrogens (primary N) is 1. The number of hydrogen-bond acceptors (Lipinski definition) is 4. The van der Waals surface area contributed by atoms with Crippen molar-refractivity contribution in [2.75, 3.05) is 14.1 Å².